The zero-order chi connectivity index (χ0) is 18.4. The summed E-state index contributed by atoms with van der Waals surface area (Å²) in [5, 5.41) is 2.95. The fourth-order valence-corrected chi connectivity index (χ4v) is 4.30. The summed E-state index contributed by atoms with van der Waals surface area (Å²) in [5.74, 6) is 0.416. The smallest absolute Gasteiger partial charge is 0.243 e. The van der Waals surface area contributed by atoms with Gasteiger partial charge in [-0.25, -0.2) is 8.42 Å². The van der Waals surface area contributed by atoms with E-state index in [9.17, 15) is 13.2 Å². The van der Waals surface area contributed by atoms with Crippen LogP contribution in [0.1, 0.15) is 44.6 Å². The van der Waals surface area contributed by atoms with Crippen molar-refractivity contribution in [1.82, 2.24) is 9.62 Å². The van der Waals surface area contributed by atoms with Crippen LogP contribution in [-0.2, 0) is 14.8 Å². The van der Waals surface area contributed by atoms with E-state index in [0.717, 1.165) is 35.6 Å². The van der Waals surface area contributed by atoms with Crippen LogP contribution in [0.2, 0.25) is 0 Å². The molecule has 0 radical (unpaired) electrons. The fraction of sp³-hybridized carbons (Fsp3) is 0.611. The number of benzene rings is 1. The van der Waals surface area contributed by atoms with Crippen molar-refractivity contribution >= 4 is 15.9 Å². The summed E-state index contributed by atoms with van der Waals surface area (Å²) in [6.45, 7) is 4.03. The van der Waals surface area contributed by atoms with E-state index in [-0.39, 0.29) is 23.4 Å². The van der Waals surface area contributed by atoms with Gasteiger partial charge in [0.1, 0.15) is 5.75 Å². The maximum absolute atomic E-state index is 12.7. The quantitative estimate of drug-likeness (QED) is 0.802. The van der Waals surface area contributed by atoms with Crippen molar-refractivity contribution in [2.45, 2.75) is 56.9 Å². The Bertz CT molecular complexity index is 697. The zero-order valence-corrected chi connectivity index (χ0v) is 16.1. The first-order chi connectivity index (χ1) is 11.8. The molecule has 0 unspecified atom stereocenters. The van der Waals surface area contributed by atoms with Crippen LogP contribution in [0.4, 0.5) is 0 Å². The van der Waals surface area contributed by atoms with Crippen molar-refractivity contribution in [3.8, 4) is 5.75 Å². The molecule has 0 atom stereocenters. The fourth-order valence-electron chi connectivity index (χ4n) is 3.09. The van der Waals surface area contributed by atoms with Crippen LogP contribution in [0.3, 0.4) is 0 Å². The largest absolute Gasteiger partial charge is 0.494 e. The molecule has 6 nitrogen and oxygen atoms in total. The second kappa shape index (κ2) is 8.67. The molecule has 1 aromatic carbocycles. The average molecular weight is 368 g/mol. The standard InChI is InChI=1S/C18H28N2O4S/c1-4-24-17-11-10-16(12-14(17)2)25(22,23)20(3)13-18(21)19-15-8-6-5-7-9-15/h10-12,15H,4-9,13H2,1-3H3,(H,19,21). The minimum absolute atomic E-state index is 0.168. The number of amides is 1. The van der Waals surface area contributed by atoms with E-state index in [0.29, 0.717) is 12.4 Å². The Morgan fingerprint density at radius 1 is 1.28 bits per heavy atom. The van der Waals surface area contributed by atoms with Crippen molar-refractivity contribution in [3.63, 3.8) is 0 Å². The first-order valence-corrected chi connectivity index (χ1v) is 10.3. The van der Waals surface area contributed by atoms with E-state index in [4.69, 9.17) is 4.74 Å². The van der Waals surface area contributed by atoms with Crippen LogP contribution in [0.5, 0.6) is 5.75 Å². The molecule has 1 N–H and O–H groups in total. The van der Waals surface area contributed by atoms with E-state index < -0.39 is 10.0 Å². The highest BCUT2D eigenvalue weighted by Gasteiger charge is 2.25. The Balaban J connectivity index is 2.02. The normalized spacial score (nSPS) is 16.0. The average Bonchev–Trinajstić information content (AvgIpc) is 2.57. The van der Waals surface area contributed by atoms with Gasteiger partial charge >= 0.3 is 0 Å². The van der Waals surface area contributed by atoms with Gasteiger partial charge in [0.2, 0.25) is 15.9 Å². The molecule has 1 aliphatic rings. The Morgan fingerprint density at radius 2 is 1.96 bits per heavy atom. The molecule has 1 amide bonds. The van der Waals surface area contributed by atoms with Crippen molar-refractivity contribution in [1.29, 1.82) is 0 Å². The molecule has 1 fully saturated rings. The van der Waals surface area contributed by atoms with E-state index in [2.05, 4.69) is 5.32 Å². The summed E-state index contributed by atoms with van der Waals surface area (Å²) in [6, 6.07) is 4.92. The van der Waals surface area contributed by atoms with E-state index >= 15 is 0 Å². The Kier molecular flexibility index (Phi) is 6.84. The summed E-state index contributed by atoms with van der Waals surface area (Å²) in [7, 11) is -2.28. The Morgan fingerprint density at radius 3 is 2.56 bits per heavy atom. The molecule has 0 aliphatic heterocycles. The van der Waals surface area contributed by atoms with Gasteiger partial charge in [-0.3, -0.25) is 4.79 Å². The second-order valence-corrected chi connectivity index (χ2v) is 8.57. The number of aryl methyl sites for hydroxylation is 1. The summed E-state index contributed by atoms with van der Waals surface area (Å²) < 4.78 is 31.9. The van der Waals surface area contributed by atoms with Crippen LogP contribution < -0.4 is 10.1 Å². The molecular formula is C18H28N2O4S. The molecule has 1 saturated carbocycles. The van der Waals surface area contributed by atoms with Gasteiger partial charge in [-0.1, -0.05) is 19.3 Å². The Labute approximate surface area is 150 Å². The number of sulfonamides is 1. The predicted molar refractivity (Wildman–Crippen MR) is 97.2 cm³/mol. The van der Waals surface area contributed by atoms with Gasteiger partial charge in [-0.05, 0) is 50.5 Å². The molecule has 1 aromatic rings. The molecule has 0 saturated heterocycles. The predicted octanol–water partition coefficient (Wildman–Crippen LogP) is 2.46. The molecule has 0 spiro atoms. The highest BCUT2D eigenvalue weighted by molar-refractivity contribution is 7.89. The van der Waals surface area contributed by atoms with Crippen molar-refractivity contribution < 1.29 is 17.9 Å². The first kappa shape index (κ1) is 19.7. The van der Waals surface area contributed by atoms with Gasteiger partial charge in [-0.2, -0.15) is 4.31 Å². The van der Waals surface area contributed by atoms with Crippen molar-refractivity contribution in [2.24, 2.45) is 0 Å². The molecule has 0 aromatic heterocycles. The summed E-state index contributed by atoms with van der Waals surface area (Å²) in [5.41, 5.74) is 0.753. The lowest BCUT2D eigenvalue weighted by atomic mass is 9.95. The molecule has 25 heavy (non-hydrogen) atoms. The van der Waals surface area contributed by atoms with Crippen molar-refractivity contribution in [2.75, 3.05) is 20.2 Å². The molecule has 0 heterocycles. The topological polar surface area (TPSA) is 75.7 Å². The van der Waals surface area contributed by atoms with E-state index in [1.807, 2.05) is 6.92 Å². The zero-order valence-electron chi connectivity index (χ0n) is 15.2. The SMILES string of the molecule is CCOc1ccc(S(=O)(=O)N(C)CC(=O)NC2CCCCC2)cc1C. The first-order valence-electron chi connectivity index (χ1n) is 8.83. The lowest BCUT2D eigenvalue weighted by Gasteiger charge is -2.24. The second-order valence-electron chi connectivity index (χ2n) is 6.52. The minimum Gasteiger partial charge on any atom is -0.494 e. The molecule has 140 valence electrons. The number of carbonyl (C=O) groups is 1. The van der Waals surface area contributed by atoms with Gasteiger partial charge in [0.15, 0.2) is 0 Å². The van der Waals surface area contributed by atoms with Gasteiger partial charge < -0.3 is 10.1 Å². The van der Waals surface area contributed by atoms with Crippen LogP contribution in [0.25, 0.3) is 0 Å². The number of rotatable bonds is 7. The third-order valence-electron chi connectivity index (χ3n) is 4.49. The molecule has 0 bridgehead atoms. The number of hydrogen-bond donors (Lipinski definition) is 1. The number of ether oxygens (including phenoxy) is 1. The summed E-state index contributed by atoms with van der Waals surface area (Å²) in [6.07, 6.45) is 5.38. The third-order valence-corrected chi connectivity index (χ3v) is 6.29. The van der Waals surface area contributed by atoms with Crippen LogP contribution in [0.15, 0.2) is 23.1 Å². The monoisotopic (exact) mass is 368 g/mol. The number of carbonyl (C=O) groups excluding carboxylic acids is 1. The lowest BCUT2D eigenvalue weighted by Crippen LogP contribution is -2.43. The maximum atomic E-state index is 12.7. The van der Waals surface area contributed by atoms with Crippen molar-refractivity contribution in [3.05, 3.63) is 23.8 Å². The number of nitrogens with zero attached hydrogens (tertiary/aromatic N) is 1. The summed E-state index contributed by atoms with van der Waals surface area (Å²) in [4.78, 5) is 12.3. The molecular weight excluding hydrogens is 340 g/mol. The molecule has 1 aliphatic carbocycles. The number of likely N-dealkylation sites (N-methyl/N-ethyl adjacent to an activating group) is 1. The molecule has 2 rings (SSSR count). The maximum Gasteiger partial charge on any atom is 0.243 e. The van der Waals surface area contributed by atoms with Crippen LogP contribution >= 0.6 is 0 Å². The Hall–Kier alpha value is -1.60. The number of nitrogens with one attached hydrogen (secondary N) is 1. The van der Waals surface area contributed by atoms with E-state index in [1.54, 1.807) is 19.1 Å². The lowest BCUT2D eigenvalue weighted by molar-refractivity contribution is -0.122. The highest BCUT2D eigenvalue weighted by Crippen LogP contribution is 2.23. The highest BCUT2D eigenvalue weighted by atomic mass is 32.2. The minimum atomic E-state index is -3.71. The summed E-state index contributed by atoms with van der Waals surface area (Å²) >= 11 is 0. The van der Waals surface area contributed by atoms with Gasteiger partial charge in [0.25, 0.3) is 0 Å². The number of hydrogen-bond acceptors (Lipinski definition) is 4. The van der Waals surface area contributed by atoms with Crippen LogP contribution in [0, 0.1) is 6.92 Å². The third kappa shape index (κ3) is 5.19. The van der Waals surface area contributed by atoms with Gasteiger partial charge in [0.05, 0.1) is 18.0 Å². The van der Waals surface area contributed by atoms with Gasteiger partial charge in [0, 0.05) is 13.1 Å². The van der Waals surface area contributed by atoms with Crippen LogP contribution in [-0.4, -0.2) is 44.9 Å². The molecule has 7 heteroatoms. The van der Waals surface area contributed by atoms with Gasteiger partial charge in [-0.15, -0.1) is 0 Å². The van der Waals surface area contributed by atoms with E-state index in [1.165, 1.54) is 19.5 Å².